The zero-order valence-corrected chi connectivity index (χ0v) is 13.2. The summed E-state index contributed by atoms with van der Waals surface area (Å²) in [7, 11) is -3.32. The summed E-state index contributed by atoms with van der Waals surface area (Å²) in [5, 5.41) is -0.274. The van der Waals surface area contributed by atoms with Gasteiger partial charge >= 0.3 is 0 Å². The van der Waals surface area contributed by atoms with Crippen LogP contribution in [-0.4, -0.2) is 20.2 Å². The van der Waals surface area contributed by atoms with Gasteiger partial charge in [0.25, 0.3) is 0 Å². The van der Waals surface area contributed by atoms with Crippen LogP contribution in [0.1, 0.15) is 43.2 Å². The third kappa shape index (κ3) is 4.23. The Bertz CT molecular complexity index is 651. The van der Waals surface area contributed by atoms with E-state index in [1.165, 1.54) is 0 Å². The normalized spacial score (nSPS) is 16.1. The molecule has 0 saturated heterocycles. The molecule has 4 nitrogen and oxygen atoms in total. The third-order valence-corrected chi connectivity index (χ3v) is 5.67. The molecular weight excluding hydrogens is 284 g/mol. The smallest absolute Gasteiger partial charge is 0.235 e. The molecule has 1 aromatic rings. The van der Waals surface area contributed by atoms with E-state index >= 15 is 0 Å². The van der Waals surface area contributed by atoms with Crippen molar-refractivity contribution < 1.29 is 8.42 Å². The molecule has 0 unspecified atom stereocenters. The average Bonchev–Trinajstić information content (AvgIpc) is 2.49. The molecule has 0 amide bonds. The van der Waals surface area contributed by atoms with Gasteiger partial charge in [-0.1, -0.05) is 37.2 Å². The second kappa shape index (κ2) is 6.97. The zero-order valence-electron chi connectivity index (χ0n) is 12.4. The Balaban J connectivity index is 2.21. The summed E-state index contributed by atoms with van der Waals surface area (Å²) in [5.74, 6) is 5.71. The van der Waals surface area contributed by atoms with Gasteiger partial charge in [0.15, 0.2) is 0 Å². The Labute approximate surface area is 127 Å². The van der Waals surface area contributed by atoms with E-state index in [0.717, 1.165) is 43.2 Å². The van der Waals surface area contributed by atoms with Gasteiger partial charge in [0.1, 0.15) is 0 Å². The molecule has 0 aliphatic heterocycles. The van der Waals surface area contributed by atoms with E-state index in [4.69, 9.17) is 5.73 Å². The summed E-state index contributed by atoms with van der Waals surface area (Å²) in [6.45, 7) is 2.18. The Morgan fingerprint density at radius 1 is 1.29 bits per heavy atom. The van der Waals surface area contributed by atoms with E-state index in [-0.39, 0.29) is 11.8 Å². The second-order valence-electron chi connectivity index (χ2n) is 5.44. The molecule has 2 rings (SSSR count). The van der Waals surface area contributed by atoms with Crippen molar-refractivity contribution in [3.8, 4) is 11.8 Å². The van der Waals surface area contributed by atoms with Crippen molar-refractivity contribution in [2.45, 2.75) is 44.3 Å². The number of hydrogen-bond donors (Lipinski definition) is 2. The van der Waals surface area contributed by atoms with E-state index < -0.39 is 10.0 Å². The molecule has 1 aliphatic rings. The molecule has 1 aromatic carbocycles. The topological polar surface area (TPSA) is 72.2 Å². The lowest BCUT2D eigenvalue weighted by atomic mass is 10.0. The molecule has 0 radical (unpaired) electrons. The lowest BCUT2D eigenvalue weighted by Gasteiger charge is -2.23. The van der Waals surface area contributed by atoms with E-state index in [0.29, 0.717) is 5.69 Å². The summed E-state index contributed by atoms with van der Waals surface area (Å²) in [4.78, 5) is 0. The zero-order chi connectivity index (χ0) is 15.3. The SMILES string of the molecule is Cc1ccc(C#CCN)cc1NS(=O)(=O)C1CCCCC1. The molecule has 0 bridgehead atoms. The molecule has 0 atom stereocenters. The molecule has 3 N–H and O–H groups in total. The number of sulfonamides is 1. The van der Waals surface area contributed by atoms with Crippen LogP contribution in [0.15, 0.2) is 18.2 Å². The molecule has 1 saturated carbocycles. The second-order valence-corrected chi connectivity index (χ2v) is 7.40. The maximum Gasteiger partial charge on any atom is 0.235 e. The third-order valence-electron chi connectivity index (χ3n) is 3.82. The molecule has 0 heterocycles. The molecule has 0 aromatic heterocycles. The summed E-state index contributed by atoms with van der Waals surface area (Å²) in [5.41, 5.74) is 7.64. The van der Waals surface area contributed by atoms with Crippen LogP contribution in [-0.2, 0) is 10.0 Å². The number of anilines is 1. The van der Waals surface area contributed by atoms with Gasteiger partial charge in [-0.3, -0.25) is 4.72 Å². The van der Waals surface area contributed by atoms with Crippen LogP contribution in [0.5, 0.6) is 0 Å². The fourth-order valence-electron chi connectivity index (χ4n) is 2.57. The van der Waals surface area contributed by atoms with Gasteiger partial charge in [-0.2, -0.15) is 0 Å². The Morgan fingerprint density at radius 2 is 2.00 bits per heavy atom. The van der Waals surface area contributed by atoms with E-state index in [1.807, 2.05) is 19.1 Å². The summed E-state index contributed by atoms with van der Waals surface area (Å²) < 4.78 is 27.7. The highest BCUT2D eigenvalue weighted by molar-refractivity contribution is 7.93. The average molecular weight is 306 g/mol. The van der Waals surface area contributed by atoms with Crippen LogP contribution >= 0.6 is 0 Å². The Hall–Kier alpha value is -1.51. The van der Waals surface area contributed by atoms with E-state index in [9.17, 15) is 8.42 Å². The van der Waals surface area contributed by atoms with Gasteiger partial charge in [-0.05, 0) is 37.5 Å². The first kappa shape index (κ1) is 15.9. The molecule has 5 heteroatoms. The van der Waals surface area contributed by atoms with Crippen LogP contribution < -0.4 is 10.5 Å². The number of nitrogens with two attached hydrogens (primary N) is 1. The van der Waals surface area contributed by atoms with Gasteiger partial charge in [-0.25, -0.2) is 8.42 Å². The number of rotatable bonds is 3. The van der Waals surface area contributed by atoms with Crippen molar-refractivity contribution in [1.29, 1.82) is 0 Å². The maximum atomic E-state index is 12.5. The Morgan fingerprint density at radius 3 is 2.67 bits per heavy atom. The van der Waals surface area contributed by atoms with Gasteiger partial charge in [-0.15, -0.1) is 0 Å². The minimum atomic E-state index is -3.32. The van der Waals surface area contributed by atoms with Crippen molar-refractivity contribution in [2.24, 2.45) is 5.73 Å². The van der Waals surface area contributed by atoms with Crippen LogP contribution in [0.2, 0.25) is 0 Å². The minimum Gasteiger partial charge on any atom is -0.320 e. The fourth-order valence-corrected chi connectivity index (χ4v) is 4.22. The largest absolute Gasteiger partial charge is 0.320 e. The van der Waals surface area contributed by atoms with Crippen molar-refractivity contribution in [3.05, 3.63) is 29.3 Å². The quantitative estimate of drug-likeness (QED) is 0.842. The fraction of sp³-hybridized carbons (Fsp3) is 0.500. The highest BCUT2D eigenvalue weighted by Crippen LogP contribution is 2.26. The number of benzene rings is 1. The number of nitrogens with one attached hydrogen (secondary N) is 1. The molecule has 0 spiro atoms. The van der Waals surface area contributed by atoms with E-state index in [1.54, 1.807) is 6.07 Å². The van der Waals surface area contributed by atoms with Crippen molar-refractivity contribution in [1.82, 2.24) is 0 Å². The first-order valence-electron chi connectivity index (χ1n) is 7.34. The van der Waals surface area contributed by atoms with Crippen LogP contribution in [0, 0.1) is 18.8 Å². The summed E-state index contributed by atoms with van der Waals surface area (Å²) in [6, 6.07) is 5.52. The Kier molecular flexibility index (Phi) is 5.27. The standard InChI is InChI=1S/C16H22N2O2S/c1-13-9-10-14(6-5-11-17)12-16(13)18-21(19,20)15-7-3-2-4-8-15/h9-10,12,15,18H,2-4,7-8,11,17H2,1H3. The predicted molar refractivity (Wildman–Crippen MR) is 86.5 cm³/mol. The highest BCUT2D eigenvalue weighted by atomic mass is 32.2. The predicted octanol–water partition coefficient (Wildman–Crippen LogP) is 2.38. The van der Waals surface area contributed by atoms with Gasteiger partial charge < -0.3 is 5.73 Å². The van der Waals surface area contributed by atoms with Crippen molar-refractivity contribution in [2.75, 3.05) is 11.3 Å². The lowest BCUT2D eigenvalue weighted by molar-refractivity contribution is 0.486. The molecule has 1 aliphatic carbocycles. The van der Waals surface area contributed by atoms with Crippen molar-refractivity contribution in [3.63, 3.8) is 0 Å². The highest BCUT2D eigenvalue weighted by Gasteiger charge is 2.27. The number of aryl methyl sites for hydroxylation is 1. The van der Waals surface area contributed by atoms with Gasteiger partial charge in [0.05, 0.1) is 17.5 Å². The minimum absolute atomic E-state index is 0.274. The maximum absolute atomic E-state index is 12.5. The van der Waals surface area contributed by atoms with E-state index in [2.05, 4.69) is 16.6 Å². The molecule has 21 heavy (non-hydrogen) atoms. The monoisotopic (exact) mass is 306 g/mol. The van der Waals surface area contributed by atoms with Crippen LogP contribution in [0.3, 0.4) is 0 Å². The van der Waals surface area contributed by atoms with Gasteiger partial charge in [0, 0.05) is 5.56 Å². The van der Waals surface area contributed by atoms with Crippen LogP contribution in [0.25, 0.3) is 0 Å². The first-order valence-corrected chi connectivity index (χ1v) is 8.89. The number of hydrogen-bond acceptors (Lipinski definition) is 3. The van der Waals surface area contributed by atoms with Crippen LogP contribution in [0.4, 0.5) is 5.69 Å². The summed E-state index contributed by atoms with van der Waals surface area (Å²) >= 11 is 0. The lowest BCUT2D eigenvalue weighted by Crippen LogP contribution is -2.30. The molecular formula is C16H22N2O2S. The van der Waals surface area contributed by atoms with Gasteiger partial charge in [0.2, 0.25) is 10.0 Å². The van der Waals surface area contributed by atoms with Crippen molar-refractivity contribution >= 4 is 15.7 Å². The first-order chi connectivity index (χ1) is 10.0. The molecule has 114 valence electrons. The molecule has 1 fully saturated rings. The summed E-state index contributed by atoms with van der Waals surface area (Å²) in [6.07, 6.45) is 4.62.